The van der Waals surface area contributed by atoms with Crippen molar-refractivity contribution in [2.45, 2.75) is 96.7 Å². The normalized spacial score (nSPS) is 30.9. The second kappa shape index (κ2) is 10.5. The molecule has 0 amide bonds. The minimum atomic E-state index is -0.486. The van der Waals surface area contributed by atoms with E-state index in [1.165, 1.54) is 6.42 Å². The molecule has 0 aromatic carbocycles. The fourth-order valence-corrected chi connectivity index (χ4v) is 5.32. The zero-order valence-electron chi connectivity index (χ0n) is 18.6. The highest BCUT2D eigenvalue weighted by Gasteiger charge is 2.51. The van der Waals surface area contributed by atoms with E-state index < -0.39 is 5.79 Å². The first kappa shape index (κ1) is 22.9. The minimum absolute atomic E-state index is 0.0132. The van der Waals surface area contributed by atoms with E-state index in [1.54, 1.807) is 0 Å². The van der Waals surface area contributed by atoms with Gasteiger partial charge in [0, 0.05) is 25.4 Å². The predicted octanol–water partition coefficient (Wildman–Crippen LogP) is 5.03. The maximum atomic E-state index is 11.0. The summed E-state index contributed by atoms with van der Waals surface area (Å²) in [4.78, 5) is 11.0. The van der Waals surface area contributed by atoms with Crippen LogP contribution in [0.4, 0.5) is 0 Å². The highest BCUT2D eigenvalue weighted by Crippen LogP contribution is 2.48. The third-order valence-electron chi connectivity index (χ3n) is 6.91. The van der Waals surface area contributed by atoms with E-state index in [4.69, 9.17) is 18.9 Å². The molecule has 0 radical (unpaired) electrons. The Bertz CT molecular complexity index is 531. The summed E-state index contributed by atoms with van der Waals surface area (Å²) in [6.07, 6.45) is 14.3. The SMILES string of the molecule is CCCC(C)(C)C(C=CC1CCC2(OCCO2)C1CCC=O)OC1CCCCO1. The van der Waals surface area contributed by atoms with Crippen molar-refractivity contribution < 1.29 is 23.7 Å². The molecule has 2 aliphatic heterocycles. The summed E-state index contributed by atoms with van der Waals surface area (Å²) >= 11 is 0. The number of rotatable bonds is 10. The maximum absolute atomic E-state index is 11.0. The number of aldehydes is 1. The van der Waals surface area contributed by atoms with Gasteiger partial charge in [0.2, 0.25) is 0 Å². The lowest BCUT2D eigenvalue weighted by molar-refractivity contribution is -0.198. The first-order valence-corrected chi connectivity index (χ1v) is 11.7. The molecule has 2 heterocycles. The molecule has 0 N–H and O–H groups in total. The monoisotopic (exact) mass is 408 g/mol. The minimum Gasteiger partial charge on any atom is -0.353 e. The zero-order valence-corrected chi connectivity index (χ0v) is 18.6. The van der Waals surface area contributed by atoms with E-state index >= 15 is 0 Å². The third-order valence-corrected chi connectivity index (χ3v) is 6.91. The molecule has 0 aromatic rings. The van der Waals surface area contributed by atoms with Crippen molar-refractivity contribution in [2.24, 2.45) is 17.3 Å². The Labute approximate surface area is 176 Å². The van der Waals surface area contributed by atoms with Gasteiger partial charge < -0.3 is 23.7 Å². The smallest absolute Gasteiger partial charge is 0.171 e. The topological polar surface area (TPSA) is 54.0 Å². The Morgan fingerprint density at radius 1 is 1.17 bits per heavy atom. The summed E-state index contributed by atoms with van der Waals surface area (Å²) < 4.78 is 24.4. The van der Waals surface area contributed by atoms with Crippen LogP contribution in [0.2, 0.25) is 0 Å². The molecular formula is C24H40O5. The summed E-state index contributed by atoms with van der Waals surface area (Å²) in [6, 6.07) is 0. The number of carbonyl (C=O) groups is 1. The number of hydrogen-bond donors (Lipinski definition) is 0. The highest BCUT2D eigenvalue weighted by atomic mass is 16.7. The van der Waals surface area contributed by atoms with Gasteiger partial charge in [0.1, 0.15) is 6.29 Å². The van der Waals surface area contributed by atoms with Crippen LogP contribution in [0.5, 0.6) is 0 Å². The van der Waals surface area contributed by atoms with Crippen molar-refractivity contribution in [1.82, 2.24) is 0 Å². The molecule has 3 rings (SSSR count). The molecule has 5 heteroatoms. The lowest BCUT2D eigenvalue weighted by Gasteiger charge is -2.36. The van der Waals surface area contributed by atoms with Crippen molar-refractivity contribution >= 4 is 6.29 Å². The first-order chi connectivity index (χ1) is 14.0. The average Bonchev–Trinajstić information content (AvgIpc) is 3.32. The van der Waals surface area contributed by atoms with Gasteiger partial charge in [-0.1, -0.05) is 39.3 Å². The molecule has 1 aliphatic carbocycles. The molecule has 4 unspecified atom stereocenters. The van der Waals surface area contributed by atoms with Gasteiger partial charge in [-0.05, 0) is 49.9 Å². The van der Waals surface area contributed by atoms with E-state index in [2.05, 4.69) is 32.9 Å². The molecule has 2 saturated heterocycles. The summed E-state index contributed by atoms with van der Waals surface area (Å²) in [6.45, 7) is 8.91. The van der Waals surface area contributed by atoms with Crippen molar-refractivity contribution in [3.05, 3.63) is 12.2 Å². The summed E-state index contributed by atoms with van der Waals surface area (Å²) in [5.74, 6) is 0.0935. The van der Waals surface area contributed by atoms with Crippen LogP contribution in [-0.4, -0.2) is 44.3 Å². The van der Waals surface area contributed by atoms with Crippen LogP contribution in [-0.2, 0) is 23.7 Å². The zero-order chi connectivity index (χ0) is 20.7. The molecule has 4 atom stereocenters. The van der Waals surface area contributed by atoms with Crippen LogP contribution < -0.4 is 0 Å². The van der Waals surface area contributed by atoms with Crippen molar-refractivity contribution in [2.75, 3.05) is 19.8 Å². The van der Waals surface area contributed by atoms with Crippen LogP contribution in [0.25, 0.3) is 0 Å². The van der Waals surface area contributed by atoms with Crippen LogP contribution in [0.15, 0.2) is 12.2 Å². The Morgan fingerprint density at radius 3 is 2.62 bits per heavy atom. The van der Waals surface area contributed by atoms with Gasteiger partial charge in [-0.25, -0.2) is 0 Å². The highest BCUT2D eigenvalue weighted by molar-refractivity contribution is 5.49. The van der Waals surface area contributed by atoms with Crippen LogP contribution in [0.1, 0.15) is 78.6 Å². The van der Waals surface area contributed by atoms with Gasteiger partial charge >= 0.3 is 0 Å². The van der Waals surface area contributed by atoms with E-state index in [9.17, 15) is 4.79 Å². The first-order valence-electron chi connectivity index (χ1n) is 11.7. The predicted molar refractivity (Wildman–Crippen MR) is 112 cm³/mol. The molecule has 1 spiro atoms. The van der Waals surface area contributed by atoms with Gasteiger partial charge in [-0.2, -0.15) is 0 Å². The molecule has 1 saturated carbocycles. The number of carbonyl (C=O) groups excluding carboxylic acids is 1. The molecule has 0 aromatic heterocycles. The average molecular weight is 409 g/mol. The van der Waals surface area contributed by atoms with Crippen LogP contribution in [0, 0.1) is 17.3 Å². The molecule has 5 nitrogen and oxygen atoms in total. The Hall–Kier alpha value is -0.750. The van der Waals surface area contributed by atoms with Gasteiger partial charge in [0.25, 0.3) is 0 Å². The van der Waals surface area contributed by atoms with Crippen LogP contribution in [0.3, 0.4) is 0 Å². The molecule has 29 heavy (non-hydrogen) atoms. The maximum Gasteiger partial charge on any atom is 0.171 e. The van der Waals surface area contributed by atoms with E-state index in [-0.39, 0.29) is 23.7 Å². The van der Waals surface area contributed by atoms with Gasteiger partial charge in [-0.3, -0.25) is 0 Å². The van der Waals surface area contributed by atoms with E-state index in [0.29, 0.717) is 25.6 Å². The van der Waals surface area contributed by atoms with Crippen molar-refractivity contribution in [3.8, 4) is 0 Å². The standard InChI is InChI=1S/C24H40O5/c1-4-13-23(2,3)21(29-22-9-5-6-16-26-22)11-10-19-12-14-24(27-17-18-28-24)20(19)8-7-15-25/h10-11,15,19-22H,4-9,12-14,16-18H2,1-3H3. The molecular weight excluding hydrogens is 368 g/mol. The molecule has 0 bridgehead atoms. The lowest BCUT2D eigenvalue weighted by atomic mass is 9.80. The molecule has 166 valence electrons. The number of allylic oxidation sites excluding steroid dienone is 1. The quantitative estimate of drug-likeness (QED) is 0.375. The van der Waals surface area contributed by atoms with Crippen molar-refractivity contribution in [3.63, 3.8) is 0 Å². The van der Waals surface area contributed by atoms with E-state index in [1.807, 2.05) is 0 Å². The van der Waals surface area contributed by atoms with Gasteiger partial charge in [0.15, 0.2) is 12.1 Å². The van der Waals surface area contributed by atoms with Crippen molar-refractivity contribution in [1.29, 1.82) is 0 Å². The van der Waals surface area contributed by atoms with Gasteiger partial charge in [-0.15, -0.1) is 0 Å². The lowest BCUT2D eigenvalue weighted by Crippen LogP contribution is -2.37. The second-order valence-electron chi connectivity index (χ2n) is 9.54. The Balaban J connectivity index is 1.72. The largest absolute Gasteiger partial charge is 0.353 e. The summed E-state index contributed by atoms with van der Waals surface area (Å²) in [5.41, 5.74) is 0.0427. The fourth-order valence-electron chi connectivity index (χ4n) is 5.32. The van der Waals surface area contributed by atoms with E-state index in [0.717, 1.165) is 57.8 Å². The third kappa shape index (κ3) is 5.69. The second-order valence-corrected chi connectivity index (χ2v) is 9.54. The van der Waals surface area contributed by atoms with Crippen LogP contribution >= 0.6 is 0 Å². The van der Waals surface area contributed by atoms with Gasteiger partial charge in [0.05, 0.1) is 19.3 Å². The summed E-state index contributed by atoms with van der Waals surface area (Å²) in [7, 11) is 0. The Morgan fingerprint density at radius 2 is 1.97 bits per heavy atom. The fraction of sp³-hybridized carbons (Fsp3) is 0.875. The Kier molecular flexibility index (Phi) is 8.32. The number of ether oxygens (including phenoxy) is 4. The molecule has 3 aliphatic rings. The summed E-state index contributed by atoms with van der Waals surface area (Å²) in [5, 5.41) is 0. The number of hydrogen-bond acceptors (Lipinski definition) is 5. The molecule has 3 fully saturated rings.